The molecule has 18 heavy (non-hydrogen) atoms. The molecule has 1 unspecified atom stereocenters. The van der Waals surface area contributed by atoms with E-state index in [0.29, 0.717) is 10.4 Å². The molecule has 0 bridgehead atoms. The molecular formula is C10H11BrN2O5. The summed E-state index contributed by atoms with van der Waals surface area (Å²) in [7, 11) is 0. The van der Waals surface area contributed by atoms with Gasteiger partial charge in [-0.25, -0.2) is 9.59 Å². The Hall–Kier alpha value is -1.83. The van der Waals surface area contributed by atoms with Crippen LogP contribution in [0.5, 0.6) is 0 Å². The summed E-state index contributed by atoms with van der Waals surface area (Å²) in [4.78, 5) is 22.2. The number of carboxylic acid groups (broad SMARTS) is 1. The van der Waals surface area contributed by atoms with Crippen molar-refractivity contribution in [2.45, 2.75) is 12.5 Å². The fourth-order valence-corrected chi connectivity index (χ4v) is 1.43. The van der Waals surface area contributed by atoms with Gasteiger partial charge in [-0.3, -0.25) is 0 Å². The molecule has 0 radical (unpaired) electrons. The molecule has 0 aliphatic rings. The van der Waals surface area contributed by atoms with Crippen LogP contribution in [0, 0.1) is 0 Å². The number of hydrogen-bond acceptors (Lipinski definition) is 5. The number of ether oxygens (including phenoxy) is 1. The highest BCUT2D eigenvalue weighted by Crippen LogP contribution is 2.11. The number of carbonyl (C=O) groups is 2. The lowest BCUT2D eigenvalue weighted by Crippen LogP contribution is -2.42. The van der Waals surface area contributed by atoms with E-state index < -0.39 is 18.1 Å². The molecule has 8 heteroatoms. The van der Waals surface area contributed by atoms with Crippen molar-refractivity contribution in [3.05, 3.63) is 29.1 Å². The van der Waals surface area contributed by atoms with Crippen molar-refractivity contribution >= 4 is 28.0 Å². The van der Waals surface area contributed by atoms with Gasteiger partial charge in [-0.1, -0.05) is 17.8 Å². The maximum Gasteiger partial charge on any atom is 0.408 e. The minimum Gasteiger partial charge on any atom is -0.480 e. The Bertz CT molecular complexity index is 445. The van der Waals surface area contributed by atoms with Gasteiger partial charge in [0.1, 0.15) is 23.0 Å². The predicted molar refractivity (Wildman–Crippen MR) is 64.0 cm³/mol. The molecule has 0 aliphatic heterocycles. The molecule has 1 atom stereocenters. The molecule has 1 rings (SSSR count). The second-order valence-corrected chi connectivity index (χ2v) is 4.05. The van der Waals surface area contributed by atoms with Gasteiger partial charge in [-0.15, -0.1) is 0 Å². The quantitative estimate of drug-likeness (QED) is 0.767. The fraction of sp³-hybridized carbons (Fsp3) is 0.300. The molecular weight excluding hydrogens is 308 g/mol. The van der Waals surface area contributed by atoms with Crippen LogP contribution in [-0.2, 0) is 16.0 Å². The van der Waals surface area contributed by atoms with E-state index in [0.717, 1.165) is 0 Å². The number of nitrogens with zero attached hydrogens (tertiary/aromatic N) is 1. The number of aromatic nitrogens is 1. The van der Waals surface area contributed by atoms with Crippen LogP contribution in [-0.4, -0.2) is 35.0 Å². The Morgan fingerprint density at radius 2 is 2.44 bits per heavy atom. The summed E-state index contributed by atoms with van der Waals surface area (Å²) in [6.45, 7) is 3.37. The third kappa shape index (κ3) is 4.58. The van der Waals surface area contributed by atoms with Crippen LogP contribution in [0.4, 0.5) is 4.79 Å². The molecule has 0 fully saturated rings. The van der Waals surface area contributed by atoms with Crippen LogP contribution >= 0.6 is 15.9 Å². The zero-order chi connectivity index (χ0) is 13.5. The summed E-state index contributed by atoms with van der Waals surface area (Å²) in [5.74, 6) is -0.864. The summed E-state index contributed by atoms with van der Waals surface area (Å²) in [6.07, 6.45) is 0.515. The number of aliphatic carboxylic acids is 1. The summed E-state index contributed by atoms with van der Waals surface area (Å²) >= 11 is 3.07. The maximum atomic E-state index is 11.2. The van der Waals surface area contributed by atoms with Crippen LogP contribution in [0.25, 0.3) is 0 Å². The first-order valence-corrected chi connectivity index (χ1v) is 5.70. The van der Waals surface area contributed by atoms with Crippen molar-refractivity contribution in [1.29, 1.82) is 0 Å². The SMILES string of the molecule is C=CCOC(=O)NC(Cc1cc(Br)no1)C(=O)O. The highest BCUT2D eigenvalue weighted by Gasteiger charge is 2.23. The molecule has 1 heterocycles. The zero-order valence-corrected chi connectivity index (χ0v) is 10.8. The van der Waals surface area contributed by atoms with Crippen molar-refractivity contribution in [3.63, 3.8) is 0 Å². The number of carbonyl (C=O) groups excluding carboxylic acids is 1. The van der Waals surface area contributed by atoms with E-state index in [1.807, 2.05) is 0 Å². The Labute approximate surface area is 111 Å². The van der Waals surface area contributed by atoms with E-state index >= 15 is 0 Å². The zero-order valence-electron chi connectivity index (χ0n) is 9.26. The van der Waals surface area contributed by atoms with Crippen LogP contribution < -0.4 is 5.32 Å². The molecule has 98 valence electrons. The van der Waals surface area contributed by atoms with Gasteiger partial charge in [-0.05, 0) is 15.9 Å². The first kappa shape index (κ1) is 14.2. The molecule has 0 aromatic carbocycles. The lowest BCUT2D eigenvalue weighted by atomic mass is 10.2. The summed E-state index contributed by atoms with van der Waals surface area (Å²) in [6, 6.07) is 0.370. The van der Waals surface area contributed by atoms with E-state index in [1.165, 1.54) is 12.1 Å². The standard InChI is InChI=1S/C10H11BrN2O5/c1-2-3-17-10(16)12-7(9(14)15)4-6-5-8(11)13-18-6/h2,5,7H,1,3-4H2,(H,12,16)(H,14,15). The van der Waals surface area contributed by atoms with Gasteiger partial charge in [0.2, 0.25) is 0 Å². The molecule has 0 aliphatic carbocycles. The Morgan fingerprint density at radius 3 is 2.94 bits per heavy atom. The molecule has 0 spiro atoms. The molecule has 1 aromatic heterocycles. The molecule has 7 nitrogen and oxygen atoms in total. The van der Waals surface area contributed by atoms with Gasteiger partial charge in [0.05, 0.1) is 0 Å². The van der Waals surface area contributed by atoms with Crippen LogP contribution in [0.2, 0.25) is 0 Å². The highest BCUT2D eigenvalue weighted by molar-refractivity contribution is 9.10. The molecule has 2 N–H and O–H groups in total. The number of rotatable bonds is 6. The monoisotopic (exact) mass is 318 g/mol. The molecule has 0 saturated heterocycles. The Kier molecular flexibility index (Phi) is 5.37. The lowest BCUT2D eigenvalue weighted by molar-refractivity contribution is -0.139. The molecule has 0 saturated carbocycles. The third-order valence-electron chi connectivity index (χ3n) is 1.86. The summed E-state index contributed by atoms with van der Waals surface area (Å²) < 4.78 is 9.92. The number of halogens is 1. The summed E-state index contributed by atoms with van der Waals surface area (Å²) in [5.41, 5.74) is 0. The smallest absolute Gasteiger partial charge is 0.408 e. The molecule has 1 aromatic rings. The lowest BCUT2D eigenvalue weighted by Gasteiger charge is -2.12. The summed E-state index contributed by atoms with van der Waals surface area (Å²) in [5, 5.41) is 14.7. The first-order valence-electron chi connectivity index (χ1n) is 4.91. The van der Waals surface area contributed by atoms with Crippen LogP contribution in [0.3, 0.4) is 0 Å². The first-order chi connectivity index (χ1) is 8.52. The van der Waals surface area contributed by atoms with Gasteiger partial charge in [-0.2, -0.15) is 0 Å². The Balaban J connectivity index is 2.57. The van der Waals surface area contributed by atoms with Crippen molar-refractivity contribution in [2.75, 3.05) is 6.61 Å². The largest absolute Gasteiger partial charge is 0.480 e. The van der Waals surface area contributed by atoms with E-state index in [9.17, 15) is 9.59 Å². The van der Waals surface area contributed by atoms with Gasteiger partial charge in [0.15, 0.2) is 0 Å². The average molecular weight is 319 g/mol. The Morgan fingerprint density at radius 1 is 1.72 bits per heavy atom. The fourth-order valence-electron chi connectivity index (χ4n) is 1.10. The number of amides is 1. The minimum atomic E-state index is -1.20. The topological polar surface area (TPSA) is 102 Å². The van der Waals surface area contributed by atoms with Gasteiger partial charge < -0.3 is 19.7 Å². The van der Waals surface area contributed by atoms with E-state index in [-0.39, 0.29) is 13.0 Å². The molecule has 1 amide bonds. The number of alkyl carbamates (subject to hydrolysis) is 1. The van der Waals surface area contributed by atoms with E-state index in [1.54, 1.807) is 0 Å². The number of nitrogens with one attached hydrogen (secondary N) is 1. The third-order valence-corrected chi connectivity index (χ3v) is 2.23. The van der Waals surface area contributed by atoms with Crippen LogP contribution in [0.1, 0.15) is 5.76 Å². The number of hydrogen-bond donors (Lipinski definition) is 2. The number of carboxylic acids is 1. The van der Waals surface area contributed by atoms with Crippen molar-refractivity contribution in [1.82, 2.24) is 10.5 Å². The normalized spacial score (nSPS) is 11.6. The van der Waals surface area contributed by atoms with Crippen molar-refractivity contribution in [3.8, 4) is 0 Å². The predicted octanol–water partition coefficient (Wildman–Crippen LogP) is 1.34. The van der Waals surface area contributed by atoms with Gasteiger partial charge >= 0.3 is 12.1 Å². The average Bonchev–Trinajstić information content (AvgIpc) is 2.71. The van der Waals surface area contributed by atoms with Gasteiger partial charge in [0, 0.05) is 12.5 Å². The van der Waals surface area contributed by atoms with E-state index in [2.05, 4.69) is 37.7 Å². The van der Waals surface area contributed by atoms with Crippen molar-refractivity contribution in [2.24, 2.45) is 0 Å². The van der Waals surface area contributed by atoms with Gasteiger partial charge in [0.25, 0.3) is 0 Å². The second kappa shape index (κ2) is 6.80. The minimum absolute atomic E-state index is 0.00598. The second-order valence-electron chi connectivity index (χ2n) is 3.24. The van der Waals surface area contributed by atoms with E-state index in [4.69, 9.17) is 9.63 Å². The highest BCUT2D eigenvalue weighted by atomic mass is 79.9. The maximum absolute atomic E-state index is 11.2. The van der Waals surface area contributed by atoms with Crippen LogP contribution in [0.15, 0.2) is 27.8 Å². The van der Waals surface area contributed by atoms with Crippen molar-refractivity contribution < 1.29 is 24.0 Å².